The number of carbonyl (C=O) groups is 4. The van der Waals surface area contributed by atoms with E-state index >= 15 is 0 Å². The molecule has 0 aliphatic carbocycles. The second-order valence-corrected chi connectivity index (χ2v) is 16.7. The molecule has 0 spiro atoms. The van der Waals surface area contributed by atoms with E-state index in [4.69, 9.17) is 23.7 Å². The Kier molecular flexibility index (Phi) is 13.6. The Labute approximate surface area is 307 Å². The molecule has 3 saturated heterocycles. The van der Waals surface area contributed by atoms with Gasteiger partial charge in [-0.25, -0.2) is 0 Å². The first kappa shape index (κ1) is 41.4. The molecule has 1 N–H and O–H groups in total. The zero-order chi connectivity index (χ0) is 38.0. The number of rotatable bonds is 8. The zero-order valence-corrected chi connectivity index (χ0v) is 32.9. The largest absolute Gasteiger partial charge is 0.458 e. The summed E-state index contributed by atoms with van der Waals surface area (Å²) in [5, 5.41) is 10.7. The summed E-state index contributed by atoms with van der Waals surface area (Å²) >= 11 is 1.42. The molecule has 14 atom stereocenters. The van der Waals surface area contributed by atoms with Gasteiger partial charge in [0.1, 0.15) is 29.2 Å². The van der Waals surface area contributed by atoms with E-state index in [1.165, 1.54) is 25.8 Å². The highest BCUT2D eigenvalue weighted by Gasteiger charge is 2.61. The number of esters is 2. The number of hydrogen-bond acceptors (Lipinski definition) is 12. The van der Waals surface area contributed by atoms with Gasteiger partial charge in [-0.1, -0.05) is 58.0 Å². The number of aliphatic hydroxyl groups excluding tert-OH is 1. The van der Waals surface area contributed by atoms with Crippen LogP contribution in [0.5, 0.6) is 0 Å². The predicted molar refractivity (Wildman–Crippen MR) is 194 cm³/mol. The number of aliphatic hydroxyl groups is 1. The molecule has 286 valence electrons. The molecule has 51 heavy (non-hydrogen) atoms. The molecule has 11 nitrogen and oxygen atoms in total. The highest BCUT2D eigenvalue weighted by atomic mass is 32.2. The molecule has 1 aromatic carbocycles. The molecular formula is C39H59NO10S. The standard InChI is InChI=1S/C39H59NO10S/c1-12-28-39(8)29(33(36(45)50-39)51-20-26-16-14-13-15-17-26)23(4)30(41)21(2)19-38(7,46-11)34(24(5)31(42)25(6)35(44)48-28)49-37-32(43)27(40(9)10)18-22(3)47-37/h13-17,21-25,27-29,32-34,37,43H,12,18-20H2,1-11H3/t21-,22-,23-,24+,25-,27+,28-,29+,32-,33+,34-,37+,38-,39-/m1/s1. The number of Topliss-reactive ketones (excluding diaryl/α,β-unsaturated/α-hetero) is 2. The summed E-state index contributed by atoms with van der Waals surface area (Å²) in [5.41, 5.74) is -1.54. The smallest absolute Gasteiger partial charge is 0.320 e. The molecule has 0 saturated carbocycles. The Balaban J connectivity index is 1.77. The number of ketones is 2. The van der Waals surface area contributed by atoms with E-state index in [9.17, 15) is 24.3 Å². The van der Waals surface area contributed by atoms with Crippen LogP contribution in [0.15, 0.2) is 30.3 Å². The van der Waals surface area contributed by atoms with E-state index in [1.54, 1.807) is 20.8 Å². The zero-order valence-electron chi connectivity index (χ0n) is 32.1. The van der Waals surface area contributed by atoms with Crippen molar-refractivity contribution in [3.63, 3.8) is 0 Å². The maximum atomic E-state index is 14.6. The van der Waals surface area contributed by atoms with Crippen molar-refractivity contribution < 1.29 is 48.0 Å². The van der Waals surface area contributed by atoms with E-state index in [0.29, 0.717) is 18.6 Å². The minimum absolute atomic E-state index is 0.113. The van der Waals surface area contributed by atoms with Crippen molar-refractivity contribution in [1.82, 2.24) is 4.90 Å². The minimum atomic E-state index is -1.33. The van der Waals surface area contributed by atoms with Crippen molar-refractivity contribution in [3.05, 3.63) is 35.9 Å². The van der Waals surface area contributed by atoms with Crippen molar-refractivity contribution in [3.8, 4) is 0 Å². The summed E-state index contributed by atoms with van der Waals surface area (Å²) in [6.45, 7) is 14.1. The molecule has 1 aromatic rings. The number of thioether (sulfide) groups is 1. The fraction of sp³-hybridized carbons (Fsp3) is 0.744. The van der Waals surface area contributed by atoms with Crippen molar-refractivity contribution >= 4 is 35.3 Å². The van der Waals surface area contributed by atoms with E-state index in [-0.39, 0.29) is 24.3 Å². The number of fused-ring (bicyclic) bond motifs is 1. The number of benzene rings is 1. The summed E-state index contributed by atoms with van der Waals surface area (Å²) in [6, 6.07) is 9.49. The quantitative estimate of drug-likeness (QED) is 0.289. The van der Waals surface area contributed by atoms with Gasteiger partial charge in [-0.15, -0.1) is 11.8 Å². The SMILES string of the molecule is CC[C@H]1OC(=O)[C@H](C)C(=O)[C@H](C)[C@@H](O[C@@H]2O[C@H](C)C[C@H](N(C)C)[C@H]2O)[C@](C)(OC)C[C@@H](C)C(=O)[C@H](C)[C@H]2[C@H](SCc3ccccc3)C(=O)O[C@@]21C. The van der Waals surface area contributed by atoms with Crippen molar-refractivity contribution in [2.45, 2.75) is 134 Å². The number of nitrogens with zero attached hydrogens (tertiary/aromatic N) is 1. The van der Waals surface area contributed by atoms with Gasteiger partial charge in [0, 0.05) is 42.6 Å². The Morgan fingerprint density at radius 1 is 0.961 bits per heavy atom. The first-order valence-electron chi connectivity index (χ1n) is 18.3. The molecule has 3 heterocycles. The van der Waals surface area contributed by atoms with Gasteiger partial charge in [-0.3, -0.25) is 19.2 Å². The third-order valence-corrected chi connectivity index (χ3v) is 12.9. The molecule has 0 aromatic heterocycles. The van der Waals surface area contributed by atoms with Crippen molar-refractivity contribution in [2.75, 3.05) is 21.2 Å². The van der Waals surface area contributed by atoms with Gasteiger partial charge >= 0.3 is 11.9 Å². The summed E-state index contributed by atoms with van der Waals surface area (Å²) in [7, 11) is 5.25. The van der Waals surface area contributed by atoms with Gasteiger partial charge < -0.3 is 33.7 Å². The average Bonchev–Trinajstić information content (AvgIpc) is 3.36. The Morgan fingerprint density at radius 3 is 2.20 bits per heavy atom. The molecule has 3 fully saturated rings. The molecule has 4 rings (SSSR count). The molecule has 0 amide bonds. The van der Waals surface area contributed by atoms with Crippen LogP contribution in [0.4, 0.5) is 0 Å². The topological polar surface area (TPSA) is 138 Å². The van der Waals surface area contributed by atoms with Gasteiger partial charge in [0.25, 0.3) is 0 Å². The van der Waals surface area contributed by atoms with Crippen LogP contribution in [0.1, 0.15) is 80.2 Å². The Hall–Kier alpha value is -2.35. The molecule has 3 aliphatic rings. The van der Waals surface area contributed by atoms with E-state index < -0.39 is 88.4 Å². The second-order valence-electron chi connectivity index (χ2n) is 15.5. The highest BCUT2D eigenvalue weighted by Crippen LogP contribution is 2.49. The normalized spacial score (nSPS) is 41.5. The van der Waals surface area contributed by atoms with Crippen LogP contribution < -0.4 is 0 Å². The minimum Gasteiger partial charge on any atom is -0.458 e. The molecule has 12 heteroatoms. The summed E-state index contributed by atoms with van der Waals surface area (Å²) < 4.78 is 31.1. The van der Waals surface area contributed by atoms with Gasteiger partial charge in [0.05, 0.1) is 17.8 Å². The monoisotopic (exact) mass is 733 g/mol. The van der Waals surface area contributed by atoms with Crippen molar-refractivity contribution in [1.29, 1.82) is 0 Å². The third-order valence-electron chi connectivity index (χ3n) is 11.6. The first-order valence-corrected chi connectivity index (χ1v) is 19.3. The van der Waals surface area contributed by atoms with Crippen LogP contribution in [0.25, 0.3) is 0 Å². The number of likely N-dealkylation sites (N-methyl/N-ethyl adjacent to an activating group) is 1. The number of hydrogen-bond donors (Lipinski definition) is 1. The van der Waals surface area contributed by atoms with Crippen LogP contribution in [-0.2, 0) is 48.6 Å². The fourth-order valence-electron chi connectivity index (χ4n) is 8.51. The van der Waals surface area contributed by atoms with Gasteiger partial charge in [0.2, 0.25) is 0 Å². The van der Waals surface area contributed by atoms with Crippen LogP contribution in [-0.4, -0.2) is 108 Å². The molecule has 0 unspecified atom stereocenters. The lowest BCUT2D eigenvalue weighted by atomic mass is 9.70. The molecular weight excluding hydrogens is 674 g/mol. The molecule has 0 radical (unpaired) electrons. The number of cyclic esters (lactones) is 1. The van der Waals surface area contributed by atoms with Crippen LogP contribution in [0, 0.1) is 29.6 Å². The molecule has 0 bridgehead atoms. The predicted octanol–water partition coefficient (Wildman–Crippen LogP) is 4.84. The second kappa shape index (κ2) is 16.8. The van der Waals surface area contributed by atoms with Gasteiger partial charge in [-0.2, -0.15) is 0 Å². The maximum Gasteiger partial charge on any atom is 0.320 e. The third kappa shape index (κ3) is 8.57. The number of carbonyl (C=O) groups excluding carboxylic acids is 4. The lowest BCUT2D eigenvalue weighted by molar-refractivity contribution is -0.295. The van der Waals surface area contributed by atoms with E-state index in [2.05, 4.69) is 0 Å². The number of methoxy groups -OCH3 is 1. The van der Waals surface area contributed by atoms with E-state index in [1.807, 2.05) is 77.0 Å². The summed E-state index contributed by atoms with van der Waals surface area (Å²) in [5.74, 6) is -5.32. The van der Waals surface area contributed by atoms with Crippen LogP contribution in [0.3, 0.4) is 0 Å². The van der Waals surface area contributed by atoms with Crippen LogP contribution >= 0.6 is 11.8 Å². The van der Waals surface area contributed by atoms with E-state index in [0.717, 1.165) is 5.56 Å². The Morgan fingerprint density at radius 2 is 1.61 bits per heavy atom. The Bertz CT molecular complexity index is 1390. The number of ether oxygens (including phenoxy) is 5. The fourth-order valence-corrected chi connectivity index (χ4v) is 9.97. The summed E-state index contributed by atoms with van der Waals surface area (Å²) in [4.78, 5) is 58.3. The highest BCUT2D eigenvalue weighted by molar-refractivity contribution is 7.99. The average molecular weight is 734 g/mol. The van der Waals surface area contributed by atoms with Crippen molar-refractivity contribution in [2.24, 2.45) is 29.6 Å². The lowest BCUT2D eigenvalue weighted by Gasteiger charge is -2.47. The molecule has 3 aliphatic heterocycles. The summed E-state index contributed by atoms with van der Waals surface area (Å²) in [6.07, 6.45) is -3.29. The lowest BCUT2D eigenvalue weighted by Crippen LogP contribution is -2.59. The van der Waals surface area contributed by atoms with Gasteiger partial charge in [0.15, 0.2) is 17.7 Å². The first-order chi connectivity index (χ1) is 23.9. The van der Waals surface area contributed by atoms with Gasteiger partial charge in [-0.05, 0) is 66.6 Å². The van der Waals surface area contributed by atoms with Crippen LogP contribution in [0.2, 0.25) is 0 Å². The maximum absolute atomic E-state index is 14.6.